The SMILES string of the molecule is C[C@@H]1CC[C@@]2(NC1)O[C@H]1C[C@H]3[C@@H]4CC[C@@H]5C[C@@H](NC(=O)CC(=O)N6CC7(COC7)C6)CC[C@]5(C)[C@H]4CC[C@]3(C)[C@H]1[C@@H]2C. The van der Waals surface area contributed by atoms with Gasteiger partial charge >= 0.3 is 0 Å². The average molecular weight is 582 g/mol. The third kappa shape index (κ3) is 4.07. The van der Waals surface area contributed by atoms with E-state index in [9.17, 15) is 9.59 Å². The molecular weight excluding hydrogens is 526 g/mol. The van der Waals surface area contributed by atoms with Crippen molar-refractivity contribution in [1.82, 2.24) is 15.5 Å². The van der Waals surface area contributed by atoms with Crippen LogP contribution in [0.1, 0.15) is 98.3 Å². The minimum absolute atomic E-state index is 0.00100. The van der Waals surface area contributed by atoms with Gasteiger partial charge in [-0.05, 0) is 111 Å². The fourth-order valence-electron chi connectivity index (χ4n) is 12.6. The van der Waals surface area contributed by atoms with Gasteiger partial charge in [-0.1, -0.05) is 27.7 Å². The summed E-state index contributed by atoms with van der Waals surface area (Å²) in [6.45, 7) is 14.3. The highest BCUT2D eigenvalue weighted by molar-refractivity contribution is 5.97. The van der Waals surface area contributed by atoms with Gasteiger partial charge in [-0.2, -0.15) is 0 Å². The third-order valence-electron chi connectivity index (χ3n) is 15.0. The quantitative estimate of drug-likeness (QED) is 0.471. The van der Waals surface area contributed by atoms with E-state index in [0.717, 1.165) is 69.4 Å². The lowest BCUT2D eigenvalue weighted by Gasteiger charge is -2.61. The van der Waals surface area contributed by atoms with E-state index in [-0.39, 0.29) is 35.4 Å². The van der Waals surface area contributed by atoms with Gasteiger partial charge in [-0.15, -0.1) is 0 Å². The number of hydrogen-bond acceptors (Lipinski definition) is 5. The van der Waals surface area contributed by atoms with Crippen LogP contribution in [0, 0.1) is 57.7 Å². The van der Waals surface area contributed by atoms with Crippen molar-refractivity contribution in [3.63, 3.8) is 0 Å². The number of likely N-dealkylation sites (tertiary alicyclic amines) is 1. The first-order valence-electron chi connectivity index (χ1n) is 17.6. The molecule has 2 amide bonds. The topological polar surface area (TPSA) is 79.9 Å². The van der Waals surface area contributed by atoms with Crippen LogP contribution in [0.2, 0.25) is 0 Å². The first-order chi connectivity index (χ1) is 20.0. The molecule has 8 rings (SSSR count). The van der Waals surface area contributed by atoms with Gasteiger partial charge < -0.3 is 19.7 Å². The number of carbonyl (C=O) groups is 2. The summed E-state index contributed by atoms with van der Waals surface area (Å²) in [5.74, 6) is 5.05. The molecule has 4 saturated heterocycles. The maximum atomic E-state index is 12.9. The molecule has 2 spiro atoms. The average Bonchev–Trinajstić information content (AvgIpc) is 3.34. The minimum atomic E-state index is -0.0767. The number of carbonyl (C=O) groups excluding carboxylic acids is 2. The zero-order valence-electron chi connectivity index (χ0n) is 26.6. The first-order valence-corrected chi connectivity index (χ1v) is 17.6. The Kier molecular flexibility index (Phi) is 6.51. The fraction of sp³-hybridized carbons (Fsp3) is 0.943. The second kappa shape index (κ2) is 9.66. The van der Waals surface area contributed by atoms with Crippen LogP contribution in [0.5, 0.6) is 0 Å². The van der Waals surface area contributed by atoms with Crippen LogP contribution in [0.3, 0.4) is 0 Å². The minimum Gasteiger partial charge on any atom is -0.380 e. The Morgan fingerprint density at radius 3 is 2.43 bits per heavy atom. The molecule has 8 aliphatic rings. The van der Waals surface area contributed by atoms with Gasteiger partial charge in [-0.3, -0.25) is 14.9 Å². The van der Waals surface area contributed by atoms with Crippen molar-refractivity contribution in [3.05, 3.63) is 0 Å². The molecule has 4 heterocycles. The molecule has 42 heavy (non-hydrogen) atoms. The number of ether oxygens (including phenoxy) is 2. The number of hydrogen-bond donors (Lipinski definition) is 2. The zero-order valence-corrected chi connectivity index (χ0v) is 26.6. The lowest BCUT2D eigenvalue weighted by atomic mass is 9.44. The summed E-state index contributed by atoms with van der Waals surface area (Å²) >= 11 is 0. The summed E-state index contributed by atoms with van der Waals surface area (Å²) in [5.41, 5.74) is 0.908. The Hall–Kier alpha value is -1.18. The molecule has 0 bridgehead atoms. The van der Waals surface area contributed by atoms with Crippen molar-refractivity contribution in [2.45, 2.75) is 116 Å². The van der Waals surface area contributed by atoms with E-state index >= 15 is 0 Å². The molecule has 0 aromatic heterocycles. The summed E-state index contributed by atoms with van der Waals surface area (Å²) < 4.78 is 12.4. The standard InChI is InChI=1S/C35H55N3O4/c1-21-7-12-35(36-16-21)22(2)31-28(42-35)14-27-25-6-5-23-13-24(8-10-32(23,3)26(25)9-11-33(27,31)4)37-29(39)15-30(40)38-17-34(18-38)19-41-20-34/h21-28,31,36H,5-20H2,1-4H3,(H,37,39)/t21-,22+,23-,24+,25-,26+,27+,28+,31+,32+,33+,35-/m1/s1. The molecule has 7 heteroatoms. The lowest BCUT2D eigenvalue weighted by Crippen LogP contribution is -2.67. The number of fused-ring (bicyclic) bond motifs is 7. The Morgan fingerprint density at radius 2 is 1.71 bits per heavy atom. The summed E-state index contributed by atoms with van der Waals surface area (Å²) in [5, 5.41) is 7.20. The van der Waals surface area contributed by atoms with Crippen molar-refractivity contribution in [2.24, 2.45) is 57.7 Å². The maximum absolute atomic E-state index is 12.9. The van der Waals surface area contributed by atoms with Gasteiger partial charge in [0, 0.05) is 31.6 Å². The van der Waals surface area contributed by atoms with E-state index in [1.165, 1.54) is 51.4 Å². The maximum Gasteiger partial charge on any atom is 0.232 e. The van der Waals surface area contributed by atoms with Gasteiger partial charge in [0.1, 0.15) is 12.1 Å². The van der Waals surface area contributed by atoms with E-state index in [0.29, 0.717) is 34.7 Å². The van der Waals surface area contributed by atoms with Crippen molar-refractivity contribution < 1.29 is 19.1 Å². The molecule has 0 radical (unpaired) electrons. The van der Waals surface area contributed by atoms with E-state index in [1.54, 1.807) is 0 Å². The fourth-order valence-corrected chi connectivity index (χ4v) is 12.6. The van der Waals surface area contributed by atoms with Crippen molar-refractivity contribution in [1.29, 1.82) is 0 Å². The van der Waals surface area contributed by atoms with Crippen LogP contribution in [0.4, 0.5) is 0 Å². The molecule has 2 N–H and O–H groups in total. The van der Waals surface area contributed by atoms with E-state index in [4.69, 9.17) is 9.47 Å². The Balaban J connectivity index is 0.890. The monoisotopic (exact) mass is 581 g/mol. The zero-order chi connectivity index (χ0) is 29.1. The Morgan fingerprint density at radius 1 is 0.929 bits per heavy atom. The van der Waals surface area contributed by atoms with Gasteiger partial charge in [-0.25, -0.2) is 0 Å². The molecule has 4 saturated carbocycles. The van der Waals surface area contributed by atoms with Crippen LogP contribution >= 0.6 is 0 Å². The van der Waals surface area contributed by atoms with E-state index < -0.39 is 0 Å². The van der Waals surface area contributed by atoms with Crippen LogP contribution in [-0.4, -0.2) is 67.4 Å². The van der Waals surface area contributed by atoms with Gasteiger partial charge in [0.05, 0.1) is 24.7 Å². The molecule has 0 aromatic rings. The molecule has 234 valence electrons. The highest BCUT2D eigenvalue weighted by Crippen LogP contribution is 2.71. The Labute approximate surface area is 253 Å². The largest absolute Gasteiger partial charge is 0.380 e. The molecule has 4 aliphatic heterocycles. The smallest absolute Gasteiger partial charge is 0.232 e. The molecule has 4 aliphatic carbocycles. The third-order valence-corrected chi connectivity index (χ3v) is 15.0. The van der Waals surface area contributed by atoms with Gasteiger partial charge in [0.25, 0.3) is 0 Å². The number of rotatable bonds is 3. The summed E-state index contributed by atoms with van der Waals surface area (Å²) in [7, 11) is 0. The summed E-state index contributed by atoms with van der Waals surface area (Å²) in [6.07, 6.45) is 12.9. The highest BCUT2D eigenvalue weighted by Gasteiger charge is 2.68. The van der Waals surface area contributed by atoms with Crippen molar-refractivity contribution in [2.75, 3.05) is 32.8 Å². The normalized spacial score (nSPS) is 52.0. The van der Waals surface area contributed by atoms with Crippen molar-refractivity contribution in [3.8, 4) is 0 Å². The Bertz CT molecular complexity index is 1110. The number of nitrogens with zero attached hydrogens (tertiary/aromatic N) is 1. The predicted molar refractivity (Wildman–Crippen MR) is 160 cm³/mol. The van der Waals surface area contributed by atoms with Gasteiger partial charge in [0.15, 0.2) is 0 Å². The highest BCUT2D eigenvalue weighted by atomic mass is 16.5. The van der Waals surface area contributed by atoms with Crippen LogP contribution in [-0.2, 0) is 19.1 Å². The molecular formula is C35H55N3O4. The number of nitrogens with one attached hydrogen (secondary N) is 2. The van der Waals surface area contributed by atoms with Crippen LogP contribution < -0.4 is 10.6 Å². The molecule has 0 unspecified atom stereocenters. The number of amides is 2. The number of piperidine rings is 1. The molecule has 8 fully saturated rings. The molecule has 12 atom stereocenters. The van der Waals surface area contributed by atoms with Crippen LogP contribution in [0.25, 0.3) is 0 Å². The first kappa shape index (κ1) is 28.3. The summed E-state index contributed by atoms with van der Waals surface area (Å²) in [6, 6.07) is 0.221. The van der Waals surface area contributed by atoms with E-state index in [2.05, 4.69) is 38.3 Å². The molecule has 7 nitrogen and oxygen atoms in total. The molecule has 0 aromatic carbocycles. The van der Waals surface area contributed by atoms with Gasteiger partial charge in [0.2, 0.25) is 11.8 Å². The van der Waals surface area contributed by atoms with E-state index in [1.807, 2.05) is 4.90 Å². The second-order valence-electron chi connectivity index (χ2n) is 17.3. The van der Waals surface area contributed by atoms with Crippen molar-refractivity contribution >= 4 is 11.8 Å². The second-order valence-corrected chi connectivity index (χ2v) is 17.3. The summed E-state index contributed by atoms with van der Waals surface area (Å²) in [4.78, 5) is 27.4. The lowest BCUT2D eigenvalue weighted by molar-refractivity contribution is -0.195. The van der Waals surface area contributed by atoms with Crippen LogP contribution in [0.15, 0.2) is 0 Å². The predicted octanol–water partition coefficient (Wildman–Crippen LogP) is 4.74.